The van der Waals surface area contributed by atoms with E-state index < -0.39 is 0 Å². The lowest BCUT2D eigenvalue weighted by Crippen LogP contribution is -2.31. The quantitative estimate of drug-likeness (QED) is 0.914. The van der Waals surface area contributed by atoms with Gasteiger partial charge < -0.3 is 14.4 Å². The number of aryl methyl sites for hydroxylation is 1. The first kappa shape index (κ1) is 13.6. The Kier molecular flexibility index (Phi) is 3.25. The Balaban J connectivity index is 1.63. The highest BCUT2D eigenvalue weighted by atomic mass is 32.1. The number of hydrogen-bond donors (Lipinski definition) is 1. The number of nitrogens with zero attached hydrogens (tertiary/aromatic N) is 3. The number of fused-ring (bicyclic) bond motifs is 1. The van der Waals surface area contributed by atoms with Gasteiger partial charge in [0.25, 0.3) is 5.91 Å². The lowest BCUT2D eigenvalue weighted by Gasteiger charge is -2.23. The number of aromatic amines is 1. The monoisotopic (exact) mass is 320 g/mol. The number of likely N-dealkylation sites (tertiary alicyclic amines) is 1. The maximum absolute atomic E-state index is 12.9. The van der Waals surface area contributed by atoms with E-state index in [0.29, 0.717) is 42.0 Å². The Hall–Kier alpha value is -2.09. The molecule has 1 N–H and O–H groups in total. The van der Waals surface area contributed by atoms with Gasteiger partial charge in [-0.25, -0.2) is 4.98 Å². The van der Waals surface area contributed by atoms with Crippen LogP contribution in [0.4, 0.5) is 0 Å². The SMILES string of the molecule is Cc1nc([C@H]2CCCN2C(=O)c2scc3c2OCCO3)n[nH]1. The third kappa shape index (κ3) is 2.14. The molecule has 0 bridgehead atoms. The van der Waals surface area contributed by atoms with Crippen molar-refractivity contribution < 1.29 is 14.3 Å². The molecule has 1 saturated heterocycles. The predicted molar refractivity (Wildman–Crippen MR) is 79.4 cm³/mol. The van der Waals surface area contributed by atoms with Crippen LogP contribution in [-0.2, 0) is 0 Å². The third-order valence-electron chi connectivity index (χ3n) is 3.92. The average molecular weight is 320 g/mol. The van der Waals surface area contributed by atoms with Gasteiger partial charge in [-0.15, -0.1) is 11.3 Å². The van der Waals surface area contributed by atoms with Crippen molar-refractivity contribution in [2.45, 2.75) is 25.8 Å². The average Bonchev–Trinajstić information content (AvgIpc) is 3.25. The van der Waals surface area contributed by atoms with Crippen LogP contribution in [0.1, 0.15) is 40.2 Å². The Bertz CT molecular complexity index is 711. The molecule has 0 saturated carbocycles. The van der Waals surface area contributed by atoms with Crippen LogP contribution in [0.15, 0.2) is 5.38 Å². The number of thiophene rings is 1. The van der Waals surface area contributed by atoms with Crippen molar-refractivity contribution >= 4 is 17.2 Å². The van der Waals surface area contributed by atoms with Gasteiger partial charge in [0.1, 0.15) is 23.9 Å². The minimum Gasteiger partial charge on any atom is -0.485 e. The second-order valence-corrected chi connectivity index (χ2v) is 6.27. The molecule has 0 radical (unpaired) electrons. The summed E-state index contributed by atoms with van der Waals surface area (Å²) in [6.45, 7) is 3.58. The van der Waals surface area contributed by atoms with Crippen molar-refractivity contribution in [3.63, 3.8) is 0 Å². The molecule has 0 aliphatic carbocycles. The van der Waals surface area contributed by atoms with Gasteiger partial charge in [-0.1, -0.05) is 0 Å². The largest absolute Gasteiger partial charge is 0.485 e. The summed E-state index contributed by atoms with van der Waals surface area (Å²) in [6.07, 6.45) is 1.84. The molecule has 1 atom stereocenters. The number of nitrogens with one attached hydrogen (secondary N) is 1. The number of carbonyl (C=O) groups excluding carboxylic acids is 1. The van der Waals surface area contributed by atoms with Crippen molar-refractivity contribution in [3.05, 3.63) is 21.9 Å². The number of amides is 1. The minimum absolute atomic E-state index is 0.0262. The summed E-state index contributed by atoms with van der Waals surface area (Å²) in [7, 11) is 0. The summed E-state index contributed by atoms with van der Waals surface area (Å²) in [4.78, 5) is 19.7. The van der Waals surface area contributed by atoms with E-state index in [1.165, 1.54) is 11.3 Å². The van der Waals surface area contributed by atoms with Crippen molar-refractivity contribution in [1.29, 1.82) is 0 Å². The summed E-state index contributed by atoms with van der Waals surface area (Å²) < 4.78 is 11.1. The van der Waals surface area contributed by atoms with Crippen molar-refractivity contribution in [2.24, 2.45) is 0 Å². The zero-order valence-electron chi connectivity index (χ0n) is 12.2. The van der Waals surface area contributed by atoms with E-state index in [1.807, 2.05) is 17.2 Å². The van der Waals surface area contributed by atoms with Crippen LogP contribution in [-0.4, -0.2) is 45.7 Å². The molecule has 22 heavy (non-hydrogen) atoms. The summed E-state index contributed by atoms with van der Waals surface area (Å²) in [6, 6.07) is -0.0697. The Morgan fingerprint density at radius 3 is 3.14 bits per heavy atom. The fraction of sp³-hybridized carbons (Fsp3) is 0.500. The number of aromatic nitrogens is 3. The smallest absolute Gasteiger partial charge is 0.268 e. The van der Waals surface area contributed by atoms with Gasteiger partial charge in [-0.05, 0) is 19.8 Å². The fourth-order valence-corrected chi connectivity index (χ4v) is 3.81. The van der Waals surface area contributed by atoms with Crippen LogP contribution >= 0.6 is 11.3 Å². The molecular formula is C14H16N4O3S. The minimum atomic E-state index is -0.0697. The molecule has 1 fully saturated rings. The van der Waals surface area contributed by atoms with Crippen molar-refractivity contribution in [3.8, 4) is 11.5 Å². The van der Waals surface area contributed by atoms with Crippen LogP contribution in [0.25, 0.3) is 0 Å². The summed E-state index contributed by atoms with van der Waals surface area (Å²) in [5, 5.41) is 8.90. The zero-order valence-corrected chi connectivity index (χ0v) is 13.0. The van der Waals surface area contributed by atoms with Gasteiger partial charge in [0, 0.05) is 11.9 Å². The van der Waals surface area contributed by atoms with E-state index in [4.69, 9.17) is 9.47 Å². The molecule has 1 amide bonds. The topological polar surface area (TPSA) is 80.3 Å². The number of H-pyrrole nitrogens is 1. The molecule has 2 aromatic rings. The summed E-state index contributed by atoms with van der Waals surface area (Å²) in [5.74, 6) is 2.68. The van der Waals surface area contributed by atoms with Gasteiger partial charge in [0.15, 0.2) is 17.3 Å². The third-order valence-corrected chi connectivity index (χ3v) is 4.85. The van der Waals surface area contributed by atoms with E-state index >= 15 is 0 Å². The number of hydrogen-bond acceptors (Lipinski definition) is 6. The second kappa shape index (κ2) is 5.28. The van der Waals surface area contributed by atoms with Crippen LogP contribution in [0.2, 0.25) is 0 Å². The summed E-state index contributed by atoms with van der Waals surface area (Å²) >= 11 is 1.37. The fourth-order valence-electron chi connectivity index (χ4n) is 2.93. The molecule has 4 rings (SSSR count). The first-order valence-electron chi connectivity index (χ1n) is 7.31. The Morgan fingerprint density at radius 2 is 2.32 bits per heavy atom. The van der Waals surface area contributed by atoms with Gasteiger partial charge in [0.2, 0.25) is 0 Å². The highest BCUT2D eigenvalue weighted by molar-refractivity contribution is 7.12. The molecular weight excluding hydrogens is 304 g/mol. The highest BCUT2D eigenvalue weighted by Crippen LogP contribution is 2.42. The molecule has 4 heterocycles. The second-order valence-electron chi connectivity index (χ2n) is 5.39. The van der Waals surface area contributed by atoms with E-state index in [2.05, 4.69) is 15.2 Å². The van der Waals surface area contributed by atoms with Gasteiger partial charge >= 0.3 is 0 Å². The number of carbonyl (C=O) groups is 1. The molecule has 0 aromatic carbocycles. The van der Waals surface area contributed by atoms with Crippen molar-refractivity contribution in [1.82, 2.24) is 20.1 Å². The van der Waals surface area contributed by atoms with E-state index in [-0.39, 0.29) is 11.9 Å². The van der Waals surface area contributed by atoms with E-state index in [9.17, 15) is 4.79 Å². The lowest BCUT2D eigenvalue weighted by molar-refractivity contribution is 0.0726. The molecule has 7 nitrogen and oxygen atoms in total. The lowest BCUT2D eigenvalue weighted by atomic mass is 10.2. The van der Waals surface area contributed by atoms with Crippen LogP contribution in [0, 0.1) is 6.92 Å². The Labute approximate surface area is 131 Å². The predicted octanol–water partition coefficient (Wildman–Crippen LogP) is 1.92. The number of rotatable bonds is 2. The van der Waals surface area contributed by atoms with Crippen LogP contribution < -0.4 is 9.47 Å². The maximum atomic E-state index is 12.9. The zero-order chi connectivity index (χ0) is 15.1. The first-order chi connectivity index (χ1) is 10.7. The molecule has 2 aliphatic heterocycles. The van der Waals surface area contributed by atoms with Gasteiger partial charge in [0.05, 0.1) is 6.04 Å². The van der Waals surface area contributed by atoms with Crippen LogP contribution in [0.5, 0.6) is 11.5 Å². The van der Waals surface area contributed by atoms with Crippen LogP contribution in [0.3, 0.4) is 0 Å². The first-order valence-corrected chi connectivity index (χ1v) is 8.19. The molecule has 0 spiro atoms. The highest BCUT2D eigenvalue weighted by Gasteiger charge is 2.36. The molecule has 8 heteroatoms. The summed E-state index contributed by atoms with van der Waals surface area (Å²) in [5.41, 5.74) is 0. The van der Waals surface area contributed by atoms with Gasteiger partial charge in [-0.3, -0.25) is 9.89 Å². The Morgan fingerprint density at radius 1 is 1.45 bits per heavy atom. The molecule has 2 aromatic heterocycles. The van der Waals surface area contributed by atoms with E-state index in [1.54, 1.807) is 0 Å². The molecule has 116 valence electrons. The molecule has 2 aliphatic rings. The number of ether oxygens (including phenoxy) is 2. The van der Waals surface area contributed by atoms with E-state index in [0.717, 1.165) is 18.7 Å². The molecule has 0 unspecified atom stereocenters. The standard InChI is InChI=1S/C14H16N4O3S/c1-8-15-13(17-16-8)9-3-2-4-18(9)14(19)12-11-10(7-22-12)20-5-6-21-11/h7,9H,2-6H2,1H3,(H,15,16,17)/t9-/m1/s1. The maximum Gasteiger partial charge on any atom is 0.268 e. The van der Waals surface area contributed by atoms with Crippen molar-refractivity contribution in [2.75, 3.05) is 19.8 Å². The normalized spacial score (nSPS) is 20.4. The van der Waals surface area contributed by atoms with Gasteiger partial charge in [-0.2, -0.15) is 5.10 Å².